The fraction of sp³-hybridized carbons (Fsp3) is 0.500. The maximum Gasteiger partial charge on any atom is 0.254 e. The van der Waals surface area contributed by atoms with Crippen LogP contribution in [0.3, 0.4) is 0 Å². The quantitative estimate of drug-likeness (QED) is 0.576. The third-order valence-corrected chi connectivity index (χ3v) is 6.67. The van der Waals surface area contributed by atoms with Gasteiger partial charge in [0, 0.05) is 24.0 Å². The molecule has 1 aliphatic heterocycles. The Morgan fingerprint density at radius 3 is 2.50 bits per heavy atom. The minimum atomic E-state index is -0.398. The molecular weight excluding hydrogens is 394 g/mol. The van der Waals surface area contributed by atoms with E-state index in [4.69, 9.17) is 0 Å². The number of likely N-dealkylation sites (N-methyl/N-ethyl adjacent to an activating group) is 1. The van der Waals surface area contributed by atoms with Crippen molar-refractivity contribution in [2.45, 2.75) is 45.1 Å². The van der Waals surface area contributed by atoms with Gasteiger partial charge in [-0.2, -0.15) is 0 Å². The van der Waals surface area contributed by atoms with Crippen LogP contribution in [0.5, 0.6) is 0 Å². The number of thiophene rings is 1. The highest BCUT2D eigenvalue weighted by molar-refractivity contribution is 7.10. The number of benzene rings is 1. The zero-order valence-corrected chi connectivity index (χ0v) is 19.1. The molecule has 0 saturated carbocycles. The van der Waals surface area contributed by atoms with Gasteiger partial charge in [0.05, 0.1) is 12.0 Å². The molecule has 0 unspecified atom stereocenters. The van der Waals surface area contributed by atoms with E-state index in [-0.39, 0.29) is 17.9 Å². The molecular formula is C24H33N3O2S. The van der Waals surface area contributed by atoms with Gasteiger partial charge in [-0.3, -0.25) is 9.59 Å². The Labute approximate surface area is 184 Å². The average Bonchev–Trinajstić information content (AvgIpc) is 3.28. The molecule has 162 valence electrons. The van der Waals surface area contributed by atoms with E-state index in [0.29, 0.717) is 12.1 Å². The van der Waals surface area contributed by atoms with E-state index in [9.17, 15) is 9.59 Å². The van der Waals surface area contributed by atoms with Crippen molar-refractivity contribution in [1.82, 2.24) is 15.1 Å². The van der Waals surface area contributed by atoms with E-state index in [2.05, 4.69) is 24.1 Å². The van der Waals surface area contributed by atoms with E-state index >= 15 is 0 Å². The molecule has 0 radical (unpaired) electrons. The van der Waals surface area contributed by atoms with Crippen molar-refractivity contribution >= 4 is 23.2 Å². The Bertz CT molecular complexity index is 831. The van der Waals surface area contributed by atoms with Crippen LogP contribution in [0.4, 0.5) is 0 Å². The number of carbonyl (C=O) groups is 2. The lowest BCUT2D eigenvalue weighted by Gasteiger charge is -2.39. The van der Waals surface area contributed by atoms with Crippen molar-refractivity contribution in [3.63, 3.8) is 0 Å². The number of rotatable bonds is 10. The SMILES string of the molecule is CCCN(CCC)CCCNC(=O)[C@@H]1c2ccccc2C(=O)N(C)[C@@H]1c1cccs1. The van der Waals surface area contributed by atoms with Gasteiger partial charge in [-0.25, -0.2) is 0 Å². The number of carbonyl (C=O) groups excluding carboxylic acids is 2. The first-order valence-corrected chi connectivity index (χ1v) is 11.9. The molecule has 2 aromatic rings. The molecule has 6 heteroatoms. The summed E-state index contributed by atoms with van der Waals surface area (Å²) in [7, 11) is 1.80. The standard InChI is InChI=1S/C24H33N3O2S/c1-4-14-27(15-5-2)16-9-13-25-23(28)21-18-10-6-7-11-19(18)24(29)26(3)22(21)20-12-8-17-30-20/h6-8,10-12,17,21-22H,4-5,9,13-16H2,1-3H3,(H,25,28)/t21-,22-/m1/s1. The third-order valence-electron chi connectivity index (χ3n) is 5.73. The van der Waals surface area contributed by atoms with Crippen molar-refractivity contribution in [3.05, 3.63) is 57.8 Å². The molecule has 1 aromatic carbocycles. The topological polar surface area (TPSA) is 52.7 Å². The maximum absolute atomic E-state index is 13.4. The third kappa shape index (κ3) is 4.93. The zero-order valence-electron chi connectivity index (χ0n) is 18.3. The Morgan fingerprint density at radius 2 is 1.83 bits per heavy atom. The predicted molar refractivity (Wildman–Crippen MR) is 123 cm³/mol. The largest absolute Gasteiger partial charge is 0.355 e. The summed E-state index contributed by atoms with van der Waals surface area (Å²) in [4.78, 5) is 31.5. The molecule has 1 aromatic heterocycles. The van der Waals surface area contributed by atoms with Crippen LogP contribution in [0.2, 0.25) is 0 Å². The van der Waals surface area contributed by atoms with Crippen LogP contribution in [0, 0.1) is 0 Å². The number of nitrogens with one attached hydrogen (secondary N) is 1. The van der Waals surface area contributed by atoms with Crippen LogP contribution in [-0.4, -0.2) is 54.8 Å². The molecule has 5 nitrogen and oxygen atoms in total. The highest BCUT2D eigenvalue weighted by Gasteiger charge is 2.42. The average molecular weight is 428 g/mol. The van der Waals surface area contributed by atoms with E-state index in [1.165, 1.54) is 0 Å². The summed E-state index contributed by atoms with van der Waals surface area (Å²) < 4.78 is 0. The van der Waals surface area contributed by atoms with Crippen molar-refractivity contribution in [2.75, 3.05) is 33.2 Å². The molecule has 0 spiro atoms. The first-order chi connectivity index (χ1) is 14.6. The van der Waals surface area contributed by atoms with Gasteiger partial charge in [0.15, 0.2) is 0 Å². The van der Waals surface area contributed by atoms with Gasteiger partial charge < -0.3 is 15.1 Å². The van der Waals surface area contributed by atoms with E-state index < -0.39 is 5.92 Å². The Kier molecular flexibility index (Phi) is 8.05. The molecule has 3 rings (SSSR count). The summed E-state index contributed by atoms with van der Waals surface area (Å²) >= 11 is 1.59. The highest BCUT2D eigenvalue weighted by atomic mass is 32.1. The van der Waals surface area contributed by atoms with Crippen molar-refractivity contribution in [1.29, 1.82) is 0 Å². The van der Waals surface area contributed by atoms with Gasteiger partial charge in [-0.1, -0.05) is 38.1 Å². The maximum atomic E-state index is 13.4. The molecule has 0 fully saturated rings. The van der Waals surface area contributed by atoms with E-state index in [1.807, 2.05) is 41.8 Å². The van der Waals surface area contributed by atoms with Crippen LogP contribution in [0.1, 0.15) is 65.9 Å². The summed E-state index contributed by atoms with van der Waals surface area (Å²) in [6.45, 7) is 8.25. The molecule has 0 aliphatic carbocycles. The summed E-state index contributed by atoms with van der Waals surface area (Å²) in [6, 6.07) is 11.2. The monoisotopic (exact) mass is 427 g/mol. The number of fused-ring (bicyclic) bond motifs is 1. The van der Waals surface area contributed by atoms with Crippen LogP contribution in [0.15, 0.2) is 41.8 Å². The fourth-order valence-corrected chi connectivity index (χ4v) is 5.27. The molecule has 1 N–H and O–H groups in total. The fourth-order valence-electron chi connectivity index (χ4n) is 4.36. The molecule has 2 heterocycles. The second-order valence-electron chi connectivity index (χ2n) is 7.93. The van der Waals surface area contributed by atoms with Crippen LogP contribution in [-0.2, 0) is 4.79 Å². The van der Waals surface area contributed by atoms with Crippen molar-refractivity contribution < 1.29 is 9.59 Å². The number of amides is 2. The highest BCUT2D eigenvalue weighted by Crippen LogP contribution is 2.43. The van der Waals surface area contributed by atoms with Crippen LogP contribution in [0.25, 0.3) is 0 Å². The second-order valence-corrected chi connectivity index (χ2v) is 8.91. The summed E-state index contributed by atoms with van der Waals surface area (Å²) in [5, 5.41) is 5.16. The van der Waals surface area contributed by atoms with Gasteiger partial charge in [0.2, 0.25) is 5.91 Å². The van der Waals surface area contributed by atoms with Crippen molar-refractivity contribution in [3.8, 4) is 0 Å². The lowest BCUT2D eigenvalue weighted by atomic mass is 9.81. The second kappa shape index (κ2) is 10.7. The number of hydrogen-bond donors (Lipinski definition) is 1. The van der Waals surface area contributed by atoms with Crippen molar-refractivity contribution in [2.24, 2.45) is 0 Å². The summed E-state index contributed by atoms with van der Waals surface area (Å²) in [6.07, 6.45) is 3.22. The number of nitrogens with zero attached hydrogens (tertiary/aromatic N) is 2. The number of hydrogen-bond acceptors (Lipinski definition) is 4. The minimum absolute atomic E-state index is 0.00210. The van der Waals surface area contributed by atoms with Gasteiger partial charge >= 0.3 is 0 Å². The molecule has 30 heavy (non-hydrogen) atoms. The molecule has 0 saturated heterocycles. The summed E-state index contributed by atoms with van der Waals surface area (Å²) in [5.41, 5.74) is 1.46. The van der Waals surface area contributed by atoms with Gasteiger partial charge in [0.25, 0.3) is 5.91 Å². The zero-order chi connectivity index (χ0) is 21.5. The molecule has 2 amide bonds. The molecule has 0 bridgehead atoms. The van der Waals surface area contributed by atoms with Gasteiger partial charge in [-0.15, -0.1) is 11.3 Å². The lowest BCUT2D eigenvalue weighted by molar-refractivity contribution is -0.124. The minimum Gasteiger partial charge on any atom is -0.355 e. The van der Waals surface area contributed by atoms with Crippen LogP contribution < -0.4 is 5.32 Å². The first kappa shape index (κ1) is 22.5. The van der Waals surface area contributed by atoms with Gasteiger partial charge in [-0.05, 0) is 62.0 Å². The van der Waals surface area contributed by atoms with E-state index in [1.54, 1.807) is 23.3 Å². The molecule has 1 aliphatic rings. The normalized spacial score (nSPS) is 18.5. The lowest BCUT2D eigenvalue weighted by Crippen LogP contribution is -2.45. The van der Waals surface area contributed by atoms with E-state index in [0.717, 1.165) is 49.3 Å². The summed E-state index contributed by atoms with van der Waals surface area (Å²) in [5.74, 6) is -0.425. The molecule has 2 atom stereocenters. The predicted octanol–water partition coefficient (Wildman–Crippen LogP) is 4.29. The Morgan fingerprint density at radius 1 is 1.10 bits per heavy atom. The Hall–Kier alpha value is -2.18. The smallest absolute Gasteiger partial charge is 0.254 e. The Balaban J connectivity index is 1.74. The van der Waals surface area contributed by atoms with Crippen LogP contribution >= 0.6 is 11.3 Å². The first-order valence-electron chi connectivity index (χ1n) is 11.0. The van der Waals surface area contributed by atoms with Gasteiger partial charge in [0.1, 0.15) is 0 Å².